The van der Waals surface area contributed by atoms with Gasteiger partial charge >= 0.3 is 5.97 Å². The van der Waals surface area contributed by atoms with Gasteiger partial charge in [0.2, 0.25) is 0 Å². The highest BCUT2D eigenvalue weighted by atomic mass is 16.5. The lowest BCUT2D eigenvalue weighted by Gasteiger charge is -2.34. The van der Waals surface area contributed by atoms with Crippen LogP contribution in [0.2, 0.25) is 0 Å². The van der Waals surface area contributed by atoms with Gasteiger partial charge in [0, 0.05) is 43.0 Å². The fourth-order valence-electron chi connectivity index (χ4n) is 4.41. The van der Waals surface area contributed by atoms with Crippen LogP contribution in [0.25, 0.3) is 33.4 Å². The molecule has 3 heterocycles. The van der Waals surface area contributed by atoms with Crippen LogP contribution in [-0.4, -0.2) is 71.5 Å². The van der Waals surface area contributed by atoms with Crippen LogP contribution in [0.1, 0.15) is 10.4 Å². The predicted octanol–water partition coefficient (Wildman–Crippen LogP) is 3.12. The van der Waals surface area contributed by atoms with Gasteiger partial charge in [-0.15, -0.1) is 0 Å². The maximum Gasteiger partial charge on any atom is 0.340 e. The number of phenolic OH excluding ortho intramolecular Hbond substituents is 1. The second-order valence-corrected chi connectivity index (χ2v) is 8.42. The van der Waals surface area contributed by atoms with Gasteiger partial charge in [-0.1, -0.05) is 12.1 Å². The van der Waals surface area contributed by atoms with E-state index < -0.39 is 5.97 Å². The highest BCUT2D eigenvalue weighted by Crippen LogP contribution is 2.39. The molecule has 9 nitrogen and oxygen atoms in total. The van der Waals surface area contributed by atoms with Gasteiger partial charge in [-0.3, -0.25) is 5.10 Å². The highest BCUT2D eigenvalue weighted by Gasteiger charge is 2.26. The zero-order chi connectivity index (χ0) is 23.8. The number of pyridine rings is 1. The number of likely N-dealkylation sites (N-methyl/N-ethyl adjacent to an activating group) is 1. The maximum atomic E-state index is 13.1. The van der Waals surface area contributed by atoms with E-state index in [1.165, 1.54) is 7.11 Å². The number of aromatic hydroxyl groups is 1. The molecule has 0 aliphatic carbocycles. The third-order valence-electron chi connectivity index (χ3n) is 6.29. The van der Waals surface area contributed by atoms with Gasteiger partial charge in [0.15, 0.2) is 11.5 Å². The summed E-state index contributed by atoms with van der Waals surface area (Å²) < 4.78 is 5.17. The molecule has 2 aromatic heterocycles. The Morgan fingerprint density at radius 1 is 1.03 bits per heavy atom. The van der Waals surface area contributed by atoms with Crippen molar-refractivity contribution in [3.8, 4) is 28.1 Å². The summed E-state index contributed by atoms with van der Waals surface area (Å²) in [6.45, 7) is 3.95. The molecule has 1 fully saturated rings. The minimum absolute atomic E-state index is 0.120. The molecule has 0 radical (unpaired) electrons. The van der Waals surface area contributed by atoms with Crippen molar-refractivity contribution < 1.29 is 14.6 Å². The third-order valence-corrected chi connectivity index (χ3v) is 6.29. The van der Waals surface area contributed by atoms with E-state index in [2.05, 4.69) is 44.2 Å². The van der Waals surface area contributed by atoms with E-state index in [1.807, 2.05) is 12.1 Å². The van der Waals surface area contributed by atoms with Gasteiger partial charge in [0.05, 0.1) is 23.8 Å². The van der Waals surface area contributed by atoms with Crippen LogP contribution in [0, 0.1) is 0 Å². The van der Waals surface area contributed by atoms with E-state index in [9.17, 15) is 9.90 Å². The van der Waals surface area contributed by atoms with Gasteiger partial charge in [-0.05, 0) is 49.0 Å². The zero-order valence-electron chi connectivity index (χ0n) is 19.1. The lowest BCUT2D eigenvalue weighted by Crippen LogP contribution is -2.44. The van der Waals surface area contributed by atoms with E-state index in [-0.39, 0.29) is 11.6 Å². The van der Waals surface area contributed by atoms with Crippen LogP contribution in [0.5, 0.6) is 5.75 Å². The largest absolute Gasteiger partial charge is 0.508 e. The molecule has 2 aromatic carbocycles. The number of rotatable bonds is 4. The number of nitrogens with two attached hydrogens (primary N) is 1. The van der Waals surface area contributed by atoms with Crippen molar-refractivity contribution in [2.24, 2.45) is 0 Å². The molecule has 0 amide bonds. The van der Waals surface area contributed by atoms with Gasteiger partial charge < -0.3 is 25.4 Å². The quantitative estimate of drug-likeness (QED) is 0.399. The Labute approximate surface area is 196 Å². The monoisotopic (exact) mass is 458 g/mol. The number of hydrogen-bond donors (Lipinski definition) is 3. The molecule has 4 N–H and O–H groups in total. The summed E-state index contributed by atoms with van der Waals surface area (Å²) in [5.74, 6) is -0.158. The molecule has 174 valence electrons. The number of methoxy groups -OCH3 is 1. The van der Waals surface area contributed by atoms with E-state index in [0.717, 1.165) is 37.4 Å². The first-order valence-electron chi connectivity index (χ1n) is 11.1. The number of esters is 1. The van der Waals surface area contributed by atoms with Crippen molar-refractivity contribution >= 4 is 28.5 Å². The Morgan fingerprint density at radius 2 is 1.68 bits per heavy atom. The molecule has 1 aliphatic rings. The molecule has 1 saturated heterocycles. The second-order valence-electron chi connectivity index (χ2n) is 8.42. The van der Waals surface area contributed by atoms with Crippen molar-refractivity contribution in [1.82, 2.24) is 20.1 Å². The summed E-state index contributed by atoms with van der Waals surface area (Å²) >= 11 is 0. The molecular formula is C25H26N6O3. The standard InChI is InChI=1S/C25H26N6O3/c1-30-11-13-31(14-12-30)17-7-3-15(4-8-17)19-20(25(33)34-2)22(16-5-9-18(32)10-6-16)27-24-21(19)23(26)28-29-24/h3-10,32H,11-14H2,1-2H3,(H3,26,27,28,29). The molecule has 9 heteroatoms. The number of H-pyrrole nitrogens is 1. The number of fused-ring (bicyclic) bond motifs is 1. The van der Waals surface area contributed by atoms with E-state index >= 15 is 0 Å². The lowest BCUT2D eigenvalue weighted by atomic mass is 9.93. The number of nitrogens with one attached hydrogen (secondary N) is 1. The molecule has 34 heavy (non-hydrogen) atoms. The number of piperazine rings is 1. The van der Waals surface area contributed by atoms with E-state index in [0.29, 0.717) is 33.4 Å². The normalized spacial score (nSPS) is 14.5. The number of nitrogens with zero attached hydrogens (tertiary/aromatic N) is 4. The summed E-state index contributed by atoms with van der Waals surface area (Å²) in [6.07, 6.45) is 0. The lowest BCUT2D eigenvalue weighted by molar-refractivity contribution is 0.0602. The summed E-state index contributed by atoms with van der Waals surface area (Å²) in [5, 5.41) is 17.3. The molecular weight excluding hydrogens is 432 g/mol. The molecule has 1 aliphatic heterocycles. The minimum atomic E-state index is -0.531. The highest BCUT2D eigenvalue weighted by molar-refractivity contribution is 6.13. The minimum Gasteiger partial charge on any atom is -0.508 e. The van der Waals surface area contributed by atoms with E-state index in [1.54, 1.807) is 24.3 Å². The number of phenols is 1. The number of anilines is 2. The number of aromatic nitrogens is 3. The first kappa shape index (κ1) is 21.7. The van der Waals surface area contributed by atoms with Gasteiger partial charge in [-0.2, -0.15) is 5.10 Å². The number of ether oxygens (including phenoxy) is 1. The van der Waals surface area contributed by atoms with Crippen molar-refractivity contribution in [2.75, 3.05) is 51.0 Å². The van der Waals surface area contributed by atoms with Crippen LogP contribution in [0.15, 0.2) is 48.5 Å². The van der Waals surface area contributed by atoms with Crippen LogP contribution in [-0.2, 0) is 4.74 Å². The fourth-order valence-corrected chi connectivity index (χ4v) is 4.41. The number of aromatic amines is 1. The first-order chi connectivity index (χ1) is 16.5. The summed E-state index contributed by atoms with van der Waals surface area (Å²) in [6, 6.07) is 14.6. The zero-order valence-corrected chi connectivity index (χ0v) is 19.1. The molecule has 0 spiro atoms. The third kappa shape index (κ3) is 3.80. The average Bonchev–Trinajstić information content (AvgIpc) is 3.24. The van der Waals surface area contributed by atoms with Gasteiger partial charge in [0.1, 0.15) is 5.75 Å². The smallest absolute Gasteiger partial charge is 0.340 e. The molecule has 0 atom stereocenters. The SMILES string of the molecule is COC(=O)c1c(-c2ccc(O)cc2)nc2[nH]nc(N)c2c1-c1ccc(N2CCN(C)CC2)cc1. The maximum absolute atomic E-state index is 13.1. The van der Waals surface area contributed by atoms with Crippen LogP contribution in [0.3, 0.4) is 0 Å². The Kier molecular flexibility index (Phi) is 5.54. The number of nitrogen functional groups attached to an aromatic ring is 1. The van der Waals surface area contributed by atoms with Crippen molar-refractivity contribution in [3.63, 3.8) is 0 Å². The number of carbonyl (C=O) groups is 1. The molecule has 4 aromatic rings. The topological polar surface area (TPSA) is 121 Å². The summed E-state index contributed by atoms with van der Waals surface area (Å²) in [7, 11) is 3.47. The fraction of sp³-hybridized carbons (Fsp3) is 0.240. The Hall–Kier alpha value is -4.11. The Bertz CT molecular complexity index is 1340. The van der Waals surface area contributed by atoms with E-state index in [4.69, 9.17) is 10.5 Å². The van der Waals surface area contributed by atoms with Gasteiger partial charge in [-0.25, -0.2) is 9.78 Å². The molecule has 0 bridgehead atoms. The average molecular weight is 459 g/mol. The molecule has 5 rings (SSSR count). The van der Waals surface area contributed by atoms with Crippen LogP contribution in [0.4, 0.5) is 11.5 Å². The van der Waals surface area contributed by atoms with Crippen molar-refractivity contribution in [2.45, 2.75) is 0 Å². The number of hydrogen-bond acceptors (Lipinski definition) is 8. The van der Waals surface area contributed by atoms with Crippen molar-refractivity contribution in [1.29, 1.82) is 0 Å². The predicted molar refractivity (Wildman–Crippen MR) is 132 cm³/mol. The Balaban J connectivity index is 1.70. The molecule has 0 unspecified atom stereocenters. The molecule has 0 saturated carbocycles. The summed E-state index contributed by atoms with van der Waals surface area (Å²) in [5.41, 5.74) is 10.6. The Morgan fingerprint density at radius 3 is 2.32 bits per heavy atom. The summed E-state index contributed by atoms with van der Waals surface area (Å²) in [4.78, 5) is 22.4. The van der Waals surface area contributed by atoms with Crippen molar-refractivity contribution in [3.05, 3.63) is 54.1 Å². The second kappa shape index (κ2) is 8.68. The number of carbonyl (C=O) groups excluding carboxylic acids is 1. The number of benzene rings is 2. The van der Waals surface area contributed by atoms with Crippen LogP contribution >= 0.6 is 0 Å². The first-order valence-corrected chi connectivity index (χ1v) is 11.1. The van der Waals surface area contributed by atoms with Crippen LogP contribution < -0.4 is 10.6 Å². The van der Waals surface area contributed by atoms with Gasteiger partial charge in [0.25, 0.3) is 0 Å².